The maximum Gasteiger partial charge on any atom is 0.253 e. The number of amides is 1. The normalized spacial score (nSPS) is 28.8. The largest absolute Gasteiger partial charge is 0.352 e. The van der Waals surface area contributed by atoms with E-state index >= 15 is 0 Å². The number of carbonyl (C=O) groups is 1. The molecular weight excluding hydrogens is 362 g/mol. The predicted octanol–water partition coefficient (Wildman–Crippen LogP) is 3.11. The van der Waals surface area contributed by atoms with Gasteiger partial charge in [0.25, 0.3) is 5.56 Å². The average Bonchev–Trinajstić information content (AvgIpc) is 2.53. The van der Waals surface area contributed by atoms with Gasteiger partial charge in [-0.05, 0) is 64.1 Å². The second kappa shape index (κ2) is 8.36. The number of rotatable bonds is 5. The summed E-state index contributed by atoms with van der Waals surface area (Å²) in [6.45, 7) is 6.21. The first-order valence-corrected chi connectivity index (χ1v) is 10.5. The average molecular weight is 394 g/mol. The lowest BCUT2D eigenvalue weighted by Crippen LogP contribution is -2.53. The number of halogens is 1. The summed E-state index contributed by atoms with van der Waals surface area (Å²) >= 11 is 6.55. The number of aryl methyl sites for hydroxylation is 2. The molecule has 27 heavy (non-hydrogen) atoms. The molecule has 0 radical (unpaired) electrons. The number of hydrogen-bond acceptors (Lipinski definition) is 3. The fourth-order valence-electron chi connectivity index (χ4n) is 4.69. The number of alkyl halides is 1. The molecule has 4 unspecified atom stereocenters. The Balaban J connectivity index is 1.67. The maximum absolute atomic E-state index is 12.9. The fraction of sp³-hybridized carbons (Fsp3) is 0.714. The molecule has 0 bridgehead atoms. The molecule has 1 aromatic rings. The first-order valence-electron chi connectivity index (χ1n) is 10.1. The summed E-state index contributed by atoms with van der Waals surface area (Å²) < 4.78 is 0. The van der Waals surface area contributed by atoms with Crippen molar-refractivity contribution in [1.29, 1.82) is 0 Å². The summed E-state index contributed by atoms with van der Waals surface area (Å²) in [6.07, 6.45) is 5.44. The number of nitrogens with zero attached hydrogens (tertiary/aromatic N) is 1. The molecule has 150 valence electrons. The molecule has 2 N–H and O–H groups in total. The van der Waals surface area contributed by atoms with E-state index in [-0.39, 0.29) is 35.2 Å². The molecular formula is C21H32ClN3O2. The van der Waals surface area contributed by atoms with Crippen LogP contribution >= 0.6 is 11.6 Å². The maximum atomic E-state index is 12.9. The first-order chi connectivity index (χ1) is 12.8. The number of aromatic amines is 1. The summed E-state index contributed by atoms with van der Waals surface area (Å²) in [6, 6.07) is 2.91. The highest BCUT2D eigenvalue weighted by Crippen LogP contribution is 2.38. The van der Waals surface area contributed by atoms with Gasteiger partial charge < -0.3 is 15.2 Å². The Bertz CT molecular complexity index is 743. The lowest BCUT2D eigenvalue weighted by Gasteiger charge is -2.47. The Labute approximate surface area is 166 Å². The first kappa shape index (κ1) is 20.4. The molecule has 2 fully saturated rings. The molecule has 1 amide bonds. The number of H-pyrrole nitrogens is 1. The molecule has 3 rings (SSSR count). The van der Waals surface area contributed by atoms with Crippen molar-refractivity contribution in [2.75, 3.05) is 7.05 Å². The fourth-order valence-corrected chi connectivity index (χ4v) is 5.06. The lowest BCUT2D eigenvalue weighted by molar-refractivity contribution is -0.129. The zero-order chi connectivity index (χ0) is 19.7. The van der Waals surface area contributed by atoms with E-state index in [4.69, 9.17) is 11.6 Å². The summed E-state index contributed by atoms with van der Waals surface area (Å²) in [5, 5.41) is 3.02. The van der Waals surface area contributed by atoms with Gasteiger partial charge in [0.05, 0.1) is 0 Å². The van der Waals surface area contributed by atoms with Crippen LogP contribution in [0.4, 0.5) is 0 Å². The van der Waals surface area contributed by atoms with Crippen molar-refractivity contribution in [1.82, 2.24) is 15.2 Å². The zero-order valence-corrected chi connectivity index (χ0v) is 17.6. The second-order valence-electron chi connectivity index (χ2n) is 8.51. The monoisotopic (exact) mass is 393 g/mol. The van der Waals surface area contributed by atoms with E-state index in [1.807, 2.05) is 19.9 Å². The summed E-state index contributed by atoms with van der Waals surface area (Å²) in [5.41, 5.74) is 2.25. The van der Waals surface area contributed by atoms with Crippen molar-refractivity contribution in [3.05, 3.63) is 33.2 Å². The summed E-state index contributed by atoms with van der Waals surface area (Å²) in [7, 11) is 2.18. The number of hydrogen-bond donors (Lipinski definition) is 2. The summed E-state index contributed by atoms with van der Waals surface area (Å²) in [4.78, 5) is 30.4. The van der Waals surface area contributed by atoms with Gasteiger partial charge in [-0.2, -0.15) is 0 Å². The van der Waals surface area contributed by atoms with Gasteiger partial charge >= 0.3 is 0 Å². The molecule has 5 nitrogen and oxygen atoms in total. The van der Waals surface area contributed by atoms with E-state index in [9.17, 15) is 9.59 Å². The van der Waals surface area contributed by atoms with Crippen LogP contribution in [0.5, 0.6) is 0 Å². The molecule has 0 saturated heterocycles. The molecule has 1 heterocycles. The van der Waals surface area contributed by atoms with E-state index in [2.05, 4.69) is 29.2 Å². The van der Waals surface area contributed by atoms with E-state index in [1.165, 1.54) is 19.3 Å². The van der Waals surface area contributed by atoms with Crippen LogP contribution in [0.1, 0.15) is 55.8 Å². The van der Waals surface area contributed by atoms with Gasteiger partial charge in [-0.15, -0.1) is 11.6 Å². The van der Waals surface area contributed by atoms with Crippen LogP contribution in [0, 0.1) is 25.7 Å². The van der Waals surface area contributed by atoms with E-state index in [0.29, 0.717) is 24.1 Å². The van der Waals surface area contributed by atoms with Crippen LogP contribution in [0.25, 0.3) is 0 Å². The summed E-state index contributed by atoms with van der Waals surface area (Å²) in [5.74, 6) is 0.154. The Morgan fingerprint density at radius 3 is 2.63 bits per heavy atom. The highest BCUT2D eigenvalue weighted by atomic mass is 35.5. The van der Waals surface area contributed by atoms with Crippen molar-refractivity contribution >= 4 is 17.5 Å². The quantitative estimate of drug-likeness (QED) is 0.755. The SMILES string of the molecule is Cc1cc(C)c(CNC(=O)C2CC(Cl)CC(N(C)C3CCC3)C2C)c(=O)[nH]1. The molecule has 1 aromatic heterocycles. The minimum Gasteiger partial charge on any atom is -0.352 e. The molecule has 2 aliphatic rings. The molecule has 0 spiro atoms. The van der Waals surface area contributed by atoms with Crippen LogP contribution in [-0.2, 0) is 11.3 Å². The van der Waals surface area contributed by atoms with Gasteiger partial charge in [0, 0.05) is 41.2 Å². The van der Waals surface area contributed by atoms with Gasteiger partial charge in [-0.3, -0.25) is 9.59 Å². The Hall–Kier alpha value is -1.33. The smallest absolute Gasteiger partial charge is 0.253 e. The van der Waals surface area contributed by atoms with Crippen molar-refractivity contribution in [3.63, 3.8) is 0 Å². The van der Waals surface area contributed by atoms with Gasteiger partial charge in [-0.1, -0.05) is 13.3 Å². The standard InChI is InChI=1S/C21H32ClN3O2/c1-12-8-13(2)24-21(27)18(12)11-23-20(26)17-9-15(22)10-19(14(17)3)25(4)16-6-5-7-16/h8,14-17,19H,5-7,9-11H2,1-4H3,(H,23,26)(H,24,27). The van der Waals surface area contributed by atoms with E-state index < -0.39 is 0 Å². The number of carbonyl (C=O) groups excluding carboxylic acids is 1. The van der Waals surface area contributed by atoms with Gasteiger partial charge in [0.15, 0.2) is 0 Å². The predicted molar refractivity (Wildman–Crippen MR) is 109 cm³/mol. The second-order valence-corrected chi connectivity index (χ2v) is 9.13. The van der Waals surface area contributed by atoms with Crippen molar-refractivity contribution < 1.29 is 4.79 Å². The minimum absolute atomic E-state index is 0.0132. The van der Waals surface area contributed by atoms with Crippen molar-refractivity contribution in [3.8, 4) is 0 Å². The van der Waals surface area contributed by atoms with Crippen LogP contribution in [0.15, 0.2) is 10.9 Å². The Morgan fingerprint density at radius 2 is 2.04 bits per heavy atom. The van der Waals surface area contributed by atoms with Gasteiger partial charge in [0.2, 0.25) is 5.91 Å². The third kappa shape index (κ3) is 4.40. The van der Waals surface area contributed by atoms with E-state index in [0.717, 1.165) is 17.7 Å². The van der Waals surface area contributed by atoms with Crippen molar-refractivity contribution in [2.24, 2.45) is 11.8 Å². The molecule has 2 aliphatic carbocycles. The molecule has 2 saturated carbocycles. The highest BCUT2D eigenvalue weighted by Gasteiger charge is 2.42. The molecule has 0 aromatic carbocycles. The number of nitrogens with one attached hydrogen (secondary N) is 2. The van der Waals surface area contributed by atoms with Gasteiger partial charge in [0.1, 0.15) is 0 Å². The Kier molecular flexibility index (Phi) is 6.32. The topological polar surface area (TPSA) is 65.2 Å². The van der Waals surface area contributed by atoms with Crippen LogP contribution in [-0.4, -0.2) is 40.3 Å². The lowest BCUT2D eigenvalue weighted by atomic mass is 9.74. The van der Waals surface area contributed by atoms with Crippen LogP contribution in [0.2, 0.25) is 0 Å². The third-order valence-electron chi connectivity index (χ3n) is 6.69. The van der Waals surface area contributed by atoms with Crippen LogP contribution < -0.4 is 10.9 Å². The number of pyridine rings is 1. The zero-order valence-electron chi connectivity index (χ0n) is 16.8. The minimum atomic E-state index is -0.123. The third-order valence-corrected chi connectivity index (χ3v) is 7.05. The Morgan fingerprint density at radius 1 is 1.33 bits per heavy atom. The number of aromatic nitrogens is 1. The van der Waals surface area contributed by atoms with Gasteiger partial charge in [-0.25, -0.2) is 0 Å². The molecule has 4 atom stereocenters. The molecule has 0 aliphatic heterocycles. The molecule has 6 heteroatoms. The van der Waals surface area contributed by atoms with Crippen molar-refractivity contribution in [2.45, 2.75) is 76.9 Å². The van der Waals surface area contributed by atoms with Crippen LogP contribution in [0.3, 0.4) is 0 Å². The highest BCUT2D eigenvalue weighted by molar-refractivity contribution is 6.20. The van der Waals surface area contributed by atoms with E-state index in [1.54, 1.807) is 0 Å².